The van der Waals surface area contributed by atoms with Crippen molar-refractivity contribution in [3.05, 3.63) is 29.8 Å². The standard InChI is InChI=1S/C15H17FN2O2/c1-9-3-2-4-10(7-9)14-17-15(20-18-14)12-8-11(16)5-6-13(12)19/h5-6,8-10,19H,2-4,7H2,1H3. The van der Waals surface area contributed by atoms with Gasteiger partial charge in [0.1, 0.15) is 11.6 Å². The van der Waals surface area contributed by atoms with E-state index in [0.717, 1.165) is 12.8 Å². The number of hydrogen-bond donors (Lipinski definition) is 1. The SMILES string of the molecule is CC1CCCC(c2noc(-c3cc(F)ccc3O)n2)C1. The first-order valence-corrected chi connectivity index (χ1v) is 6.96. The molecule has 2 unspecified atom stereocenters. The second-order valence-electron chi connectivity index (χ2n) is 5.59. The molecule has 2 atom stereocenters. The zero-order valence-electron chi connectivity index (χ0n) is 11.3. The Kier molecular flexibility index (Phi) is 3.42. The van der Waals surface area contributed by atoms with Crippen molar-refractivity contribution in [2.75, 3.05) is 0 Å². The maximum absolute atomic E-state index is 13.2. The number of halogens is 1. The number of aromatic hydroxyl groups is 1. The molecular weight excluding hydrogens is 259 g/mol. The molecule has 106 valence electrons. The molecule has 1 N–H and O–H groups in total. The van der Waals surface area contributed by atoms with E-state index in [1.165, 1.54) is 31.0 Å². The molecular formula is C15H17FN2O2. The Morgan fingerprint density at radius 3 is 3.00 bits per heavy atom. The fourth-order valence-corrected chi connectivity index (χ4v) is 2.86. The van der Waals surface area contributed by atoms with Crippen LogP contribution >= 0.6 is 0 Å². The minimum absolute atomic E-state index is 0.0568. The highest BCUT2D eigenvalue weighted by molar-refractivity contribution is 5.61. The summed E-state index contributed by atoms with van der Waals surface area (Å²) < 4.78 is 18.4. The summed E-state index contributed by atoms with van der Waals surface area (Å²) in [5, 5.41) is 13.8. The lowest BCUT2D eigenvalue weighted by Gasteiger charge is -2.23. The van der Waals surface area contributed by atoms with Crippen molar-refractivity contribution in [2.24, 2.45) is 5.92 Å². The summed E-state index contributed by atoms with van der Waals surface area (Å²) in [6.07, 6.45) is 4.51. The van der Waals surface area contributed by atoms with Crippen LogP contribution in [-0.2, 0) is 0 Å². The molecule has 3 rings (SSSR count). The van der Waals surface area contributed by atoms with Gasteiger partial charge in [0.05, 0.1) is 5.56 Å². The van der Waals surface area contributed by atoms with Gasteiger partial charge >= 0.3 is 0 Å². The molecule has 1 aromatic carbocycles. The molecule has 0 amide bonds. The van der Waals surface area contributed by atoms with Crippen molar-refractivity contribution in [1.82, 2.24) is 10.1 Å². The summed E-state index contributed by atoms with van der Waals surface area (Å²) in [6, 6.07) is 3.69. The van der Waals surface area contributed by atoms with E-state index in [9.17, 15) is 9.50 Å². The predicted molar refractivity (Wildman–Crippen MR) is 71.7 cm³/mol. The number of benzene rings is 1. The summed E-state index contributed by atoms with van der Waals surface area (Å²) >= 11 is 0. The van der Waals surface area contributed by atoms with Crippen LogP contribution in [0.25, 0.3) is 11.5 Å². The second kappa shape index (κ2) is 5.23. The van der Waals surface area contributed by atoms with Gasteiger partial charge in [0, 0.05) is 5.92 Å². The zero-order chi connectivity index (χ0) is 14.1. The van der Waals surface area contributed by atoms with Crippen LogP contribution in [0.3, 0.4) is 0 Å². The van der Waals surface area contributed by atoms with Gasteiger partial charge in [-0.1, -0.05) is 24.9 Å². The third-order valence-electron chi connectivity index (χ3n) is 3.93. The van der Waals surface area contributed by atoms with Crippen molar-refractivity contribution in [1.29, 1.82) is 0 Å². The topological polar surface area (TPSA) is 59.2 Å². The maximum atomic E-state index is 13.2. The second-order valence-corrected chi connectivity index (χ2v) is 5.59. The smallest absolute Gasteiger partial charge is 0.261 e. The highest BCUT2D eigenvalue weighted by atomic mass is 19.1. The number of hydrogen-bond acceptors (Lipinski definition) is 4. The number of rotatable bonds is 2. The molecule has 1 aliphatic rings. The van der Waals surface area contributed by atoms with E-state index in [-0.39, 0.29) is 17.2 Å². The quantitative estimate of drug-likeness (QED) is 0.904. The van der Waals surface area contributed by atoms with Crippen LogP contribution in [0, 0.1) is 11.7 Å². The lowest BCUT2D eigenvalue weighted by atomic mass is 9.82. The fraction of sp³-hybridized carbons (Fsp3) is 0.467. The van der Waals surface area contributed by atoms with Crippen LogP contribution in [0.15, 0.2) is 22.7 Å². The van der Waals surface area contributed by atoms with E-state index < -0.39 is 5.82 Å². The molecule has 0 bridgehead atoms. The van der Waals surface area contributed by atoms with Gasteiger partial charge in [0.15, 0.2) is 5.82 Å². The Labute approximate surface area is 116 Å². The molecule has 1 saturated carbocycles. The van der Waals surface area contributed by atoms with Gasteiger partial charge in [-0.25, -0.2) is 4.39 Å². The van der Waals surface area contributed by atoms with E-state index in [0.29, 0.717) is 17.7 Å². The van der Waals surface area contributed by atoms with Crippen LogP contribution in [0.2, 0.25) is 0 Å². The number of aromatic nitrogens is 2. The van der Waals surface area contributed by atoms with Gasteiger partial charge in [0.2, 0.25) is 0 Å². The zero-order valence-corrected chi connectivity index (χ0v) is 11.3. The Balaban J connectivity index is 1.88. The molecule has 2 aromatic rings. The first-order chi connectivity index (χ1) is 9.63. The van der Waals surface area contributed by atoms with Crippen LogP contribution in [0.4, 0.5) is 4.39 Å². The van der Waals surface area contributed by atoms with E-state index in [1.54, 1.807) is 0 Å². The van der Waals surface area contributed by atoms with E-state index in [4.69, 9.17) is 4.52 Å². The van der Waals surface area contributed by atoms with E-state index >= 15 is 0 Å². The average Bonchev–Trinajstić information content (AvgIpc) is 2.91. The van der Waals surface area contributed by atoms with Gasteiger partial charge in [-0.2, -0.15) is 4.98 Å². The van der Waals surface area contributed by atoms with Crippen LogP contribution < -0.4 is 0 Å². The van der Waals surface area contributed by atoms with Crippen molar-refractivity contribution < 1.29 is 14.0 Å². The Morgan fingerprint density at radius 1 is 1.35 bits per heavy atom. The van der Waals surface area contributed by atoms with Crippen LogP contribution in [0.5, 0.6) is 5.75 Å². The molecule has 1 aromatic heterocycles. The van der Waals surface area contributed by atoms with Crippen molar-refractivity contribution in [3.8, 4) is 17.2 Å². The molecule has 0 saturated heterocycles. The number of nitrogens with zero attached hydrogens (tertiary/aromatic N) is 2. The summed E-state index contributed by atoms with van der Waals surface area (Å²) in [4.78, 5) is 4.34. The minimum atomic E-state index is -0.441. The van der Waals surface area contributed by atoms with Crippen molar-refractivity contribution >= 4 is 0 Å². The summed E-state index contributed by atoms with van der Waals surface area (Å²) in [5.41, 5.74) is 0.243. The molecule has 0 aliphatic heterocycles. The molecule has 1 fully saturated rings. The average molecular weight is 276 g/mol. The number of phenolic OH excluding ortho intramolecular Hbond substituents is 1. The van der Waals surface area contributed by atoms with E-state index in [1.807, 2.05) is 0 Å². The highest BCUT2D eigenvalue weighted by Gasteiger charge is 2.25. The predicted octanol–water partition coefficient (Wildman–Crippen LogP) is 3.88. The molecule has 0 radical (unpaired) electrons. The molecule has 5 heteroatoms. The summed E-state index contributed by atoms with van der Waals surface area (Å²) in [6.45, 7) is 2.23. The molecule has 20 heavy (non-hydrogen) atoms. The minimum Gasteiger partial charge on any atom is -0.507 e. The Morgan fingerprint density at radius 2 is 2.20 bits per heavy atom. The Bertz CT molecular complexity index is 612. The molecule has 1 aliphatic carbocycles. The maximum Gasteiger partial charge on any atom is 0.261 e. The largest absolute Gasteiger partial charge is 0.507 e. The first kappa shape index (κ1) is 13.1. The van der Waals surface area contributed by atoms with Crippen molar-refractivity contribution in [2.45, 2.75) is 38.5 Å². The van der Waals surface area contributed by atoms with Gasteiger partial charge in [0.25, 0.3) is 5.89 Å². The van der Waals surface area contributed by atoms with Gasteiger partial charge < -0.3 is 9.63 Å². The summed E-state index contributed by atoms with van der Waals surface area (Å²) in [5.74, 6) is 1.30. The monoisotopic (exact) mass is 276 g/mol. The van der Waals surface area contributed by atoms with Crippen molar-refractivity contribution in [3.63, 3.8) is 0 Å². The van der Waals surface area contributed by atoms with Crippen LogP contribution in [0.1, 0.15) is 44.3 Å². The van der Waals surface area contributed by atoms with Gasteiger partial charge in [-0.15, -0.1) is 0 Å². The molecule has 4 nitrogen and oxygen atoms in total. The van der Waals surface area contributed by atoms with Gasteiger partial charge in [-0.3, -0.25) is 0 Å². The number of phenols is 1. The van der Waals surface area contributed by atoms with Crippen LogP contribution in [-0.4, -0.2) is 15.2 Å². The molecule has 1 heterocycles. The first-order valence-electron chi connectivity index (χ1n) is 6.96. The third kappa shape index (κ3) is 2.53. The Hall–Kier alpha value is -1.91. The lowest BCUT2D eigenvalue weighted by molar-refractivity contribution is 0.324. The highest BCUT2D eigenvalue weighted by Crippen LogP contribution is 2.36. The van der Waals surface area contributed by atoms with Gasteiger partial charge in [-0.05, 0) is 37.0 Å². The summed E-state index contributed by atoms with van der Waals surface area (Å²) in [7, 11) is 0. The third-order valence-corrected chi connectivity index (χ3v) is 3.93. The molecule has 0 spiro atoms. The fourth-order valence-electron chi connectivity index (χ4n) is 2.86. The van der Waals surface area contributed by atoms with E-state index in [2.05, 4.69) is 17.1 Å². The normalized spacial score (nSPS) is 22.9. The lowest BCUT2D eigenvalue weighted by Crippen LogP contribution is -2.12.